The molecule has 1 aromatic rings. The molecule has 0 bridgehead atoms. The first-order valence-corrected chi connectivity index (χ1v) is 10.6. The molecular formula is C16H26N4O2S2. The first-order chi connectivity index (χ1) is 11.6. The van der Waals surface area contributed by atoms with Crippen LogP contribution in [0.4, 0.5) is 5.13 Å². The summed E-state index contributed by atoms with van der Waals surface area (Å²) in [5.74, 6) is 0.566. The molecular weight excluding hydrogens is 344 g/mol. The van der Waals surface area contributed by atoms with Gasteiger partial charge in [-0.25, -0.2) is 0 Å². The van der Waals surface area contributed by atoms with Gasteiger partial charge < -0.3 is 15.0 Å². The normalized spacial score (nSPS) is 25.7. The molecule has 0 spiro atoms. The first kappa shape index (κ1) is 17.9. The number of carbonyl (C=O) groups excluding carboxylic acids is 1. The van der Waals surface area contributed by atoms with Crippen LogP contribution in [0.5, 0.6) is 0 Å². The van der Waals surface area contributed by atoms with Crippen molar-refractivity contribution in [3.8, 4) is 0 Å². The van der Waals surface area contributed by atoms with Crippen LogP contribution < -0.4 is 5.32 Å². The molecule has 24 heavy (non-hydrogen) atoms. The molecule has 1 saturated carbocycles. The minimum Gasteiger partial charge on any atom is -0.372 e. The predicted octanol–water partition coefficient (Wildman–Crippen LogP) is 3.01. The summed E-state index contributed by atoms with van der Waals surface area (Å²) in [5, 5.41) is 12.8. The van der Waals surface area contributed by atoms with Gasteiger partial charge in [-0.15, -0.1) is 10.2 Å². The Balaban J connectivity index is 1.45. The Hall–Kier alpha value is -0.860. The van der Waals surface area contributed by atoms with Gasteiger partial charge in [0, 0.05) is 19.1 Å². The smallest absolute Gasteiger partial charge is 0.233 e. The van der Waals surface area contributed by atoms with E-state index in [4.69, 9.17) is 4.74 Å². The van der Waals surface area contributed by atoms with Gasteiger partial charge >= 0.3 is 0 Å². The molecule has 6 nitrogen and oxygen atoms in total. The molecule has 1 N–H and O–H groups in total. The summed E-state index contributed by atoms with van der Waals surface area (Å²) in [6.45, 7) is 5.37. The van der Waals surface area contributed by atoms with Crippen molar-refractivity contribution in [2.24, 2.45) is 0 Å². The van der Waals surface area contributed by atoms with Gasteiger partial charge in [-0.2, -0.15) is 0 Å². The van der Waals surface area contributed by atoms with Crippen molar-refractivity contribution in [2.75, 3.05) is 24.2 Å². The number of nitrogens with zero attached hydrogens (tertiary/aromatic N) is 3. The van der Waals surface area contributed by atoms with Crippen LogP contribution in [0.3, 0.4) is 0 Å². The number of hydrogen-bond acceptors (Lipinski definition) is 7. The van der Waals surface area contributed by atoms with Gasteiger partial charge in [-0.1, -0.05) is 42.4 Å². The molecule has 1 amide bonds. The van der Waals surface area contributed by atoms with Crippen LogP contribution in [0.15, 0.2) is 4.34 Å². The molecule has 1 aliphatic carbocycles. The second-order valence-corrected chi connectivity index (χ2v) is 8.90. The van der Waals surface area contributed by atoms with Crippen molar-refractivity contribution >= 4 is 34.1 Å². The Kier molecular flexibility index (Phi) is 6.35. The van der Waals surface area contributed by atoms with Crippen LogP contribution in [0.25, 0.3) is 0 Å². The van der Waals surface area contributed by atoms with Crippen LogP contribution in [-0.2, 0) is 9.53 Å². The number of aromatic nitrogens is 2. The molecule has 1 aromatic heterocycles. The topological polar surface area (TPSA) is 67.4 Å². The fourth-order valence-corrected chi connectivity index (χ4v) is 5.08. The molecule has 3 rings (SSSR count). The molecule has 0 aromatic carbocycles. The van der Waals surface area contributed by atoms with E-state index in [1.165, 1.54) is 43.9 Å². The highest BCUT2D eigenvalue weighted by molar-refractivity contribution is 8.01. The third kappa shape index (κ3) is 5.07. The summed E-state index contributed by atoms with van der Waals surface area (Å²) in [5.41, 5.74) is 0. The van der Waals surface area contributed by atoms with Crippen molar-refractivity contribution in [1.29, 1.82) is 0 Å². The van der Waals surface area contributed by atoms with E-state index in [1.54, 1.807) is 11.3 Å². The molecule has 0 radical (unpaired) electrons. The molecule has 1 saturated heterocycles. The standard InChI is InChI=1S/C16H26N4O2S2/c1-11-8-20(9-12(2)22-11)14(21)10-23-16-19-18-15(24-16)17-13-6-4-3-5-7-13/h11-13H,3-10H2,1-2H3,(H,17,18). The summed E-state index contributed by atoms with van der Waals surface area (Å²) >= 11 is 3.03. The molecule has 2 heterocycles. The van der Waals surface area contributed by atoms with Crippen LogP contribution in [-0.4, -0.2) is 58.1 Å². The van der Waals surface area contributed by atoms with Crippen molar-refractivity contribution in [3.05, 3.63) is 0 Å². The van der Waals surface area contributed by atoms with E-state index in [9.17, 15) is 4.79 Å². The lowest BCUT2D eigenvalue weighted by Gasteiger charge is -2.35. The number of morpholine rings is 1. The van der Waals surface area contributed by atoms with Gasteiger partial charge in [0.2, 0.25) is 11.0 Å². The number of thioether (sulfide) groups is 1. The van der Waals surface area contributed by atoms with E-state index in [1.807, 2.05) is 18.7 Å². The number of amides is 1. The van der Waals surface area contributed by atoms with E-state index < -0.39 is 0 Å². The highest BCUT2D eigenvalue weighted by atomic mass is 32.2. The average molecular weight is 371 g/mol. The maximum absolute atomic E-state index is 12.4. The maximum atomic E-state index is 12.4. The zero-order valence-corrected chi connectivity index (χ0v) is 16.0. The fourth-order valence-electron chi connectivity index (χ4n) is 3.34. The Morgan fingerprint density at radius 1 is 1.25 bits per heavy atom. The number of rotatable bonds is 5. The van der Waals surface area contributed by atoms with E-state index in [-0.39, 0.29) is 18.1 Å². The molecule has 1 aliphatic heterocycles. The summed E-state index contributed by atoms with van der Waals surface area (Å²) in [6, 6.07) is 0.530. The van der Waals surface area contributed by atoms with Crippen molar-refractivity contribution in [1.82, 2.24) is 15.1 Å². The Morgan fingerprint density at radius 3 is 2.67 bits per heavy atom. The maximum Gasteiger partial charge on any atom is 0.233 e. The van der Waals surface area contributed by atoms with E-state index in [2.05, 4.69) is 15.5 Å². The van der Waals surface area contributed by atoms with E-state index >= 15 is 0 Å². The minimum absolute atomic E-state index is 0.107. The summed E-state index contributed by atoms with van der Waals surface area (Å²) < 4.78 is 6.53. The van der Waals surface area contributed by atoms with Gasteiger partial charge in [0.15, 0.2) is 4.34 Å². The number of anilines is 1. The highest BCUT2D eigenvalue weighted by Gasteiger charge is 2.26. The van der Waals surface area contributed by atoms with Gasteiger partial charge in [-0.05, 0) is 26.7 Å². The second-order valence-electron chi connectivity index (χ2n) is 6.70. The van der Waals surface area contributed by atoms with E-state index in [0.29, 0.717) is 24.9 Å². The third-order valence-corrected chi connectivity index (χ3v) is 6.40. The number of carbonyl (C=O) groups is 1. The average Bonchev–Trinajstić information content (AvgIpc) is 3.00. The minimum atomic E-state index is 0.107. The summed E-state index contributed by atoms with van der Waals surface area (Å²) in [6.07, 6.45) is 6.58. The molecule has 2 aliphatic rings. The zero-order chi connectivity index (χ0) is 16.9. The third-order valence-electron chi connectivity index (χ3n) is 4.43. The van der Waals surface area contributed by atoms with Crippen LogP contribution in [0, 0.1) is 0 Å². The van der Waals surface area contributed by atoms with Crippen molar-refractivity contribution in [2.45, 2.75) is 68.5 Å². The number of nitrogens with one attached hydrogen (secondary N) is 1. The molecule has 2 unspecified atom stereocenters. The highest BCUT2D eigenvalue weighted by Crippen LogP contribution is 2.28. The molecule has 8 heteroatoms. The quantitative estimate of drug-likeness (QED) is 0.804. The molecule has 2 fully saturated rings. The molecule has 2 atom stereocenters. The molecule has 134 valence electrons. The fraction of sp³-hybridized carbons (Fsp3) is 0.812. The Labute approximate surface area is 151 Å². The van der Waals surface area contributed by atoms with E-state index in [0.717, 1.165) is 9.47 Å². The number of ether oxygens (including phenoxy) is 1. The van der Waals surface area contributed by atoms with Gasteiger partial charge in [0.1, 0.15) is 0 Å². The SMILES string of the molecule is CC1CN(C(=O)CSc2nnc(NC3CCCCC3)s2)CC(C)O1. The lowest BCUT2D eigenvalue weighted by Crippen LogP contribution is -2.48. The zero-order valence-electron chi connectivity index (χ0n) is 14.4. The monoisotopic (exact) mass is 370 g/mol. The van der Waals surface area contributed by atoms with Gasteiger partial charge in [-0.3, -0.25) is 4.79 Å². The lowest BCUT2D eigenvalue weighted by atomic mass is 9.96. The largest absolute Gasteiger partial charge is 0.372 e. The van der Waals surface area contributed by atoms with Crippen molar-refractivity contribution < 1.29 is 9.53 Å². The second kappa shape index (κ2) is 8.49. The Bertz CT molecular complexity index is 538. The first-order valence-electron chi connectivity index (χ1n) is 8.76. The van der Waals surface area contributed by atoms with Gasteiger partial charge in [0.25, 0.3) is 0 Å². The lowest BCUT2D eigenvalue weighted by molar-refractivity contribution is -0.140. The number of hydrogen-bond donors (Lipinski definition) is 1. The van der Waals surface area contributed by atoms with Crippen molar-refractivity contribution in [3.63, 3.8) is 0 Å². The summed E-state index contributed by atoms with van der Waals surface area (Å²) in [4.78, 5) is 14.3. The van der Waals surface area contributed by atoms with Crippen LogP contribution in [0.2, 0.25) is 0 Å². The summed E-state index contributed by atoms with van der Waals surface area (Å²) in [7, 11) is 0. The van der Waals surface area contributed by atoms with Crippen LogP contribution in [0.1, 0.15) is 46.0 Å². The van der Waals surface area contributed by atoms with Gasteiger partial charge in [0.05, 0.1) is 18.0 Å². The predicted molar refractivity (Wildman–Crippen MR) is 97.7 cm³/mol. The Morgan fingerprint density at radius 2 is 1.96 bits per heavy atom. The van der Waals surface area contributed by atoms with Crippen LogP contribution >= 0.6 is 23.1 Å².